The molecule has 1 aromatic rings. The van der Waals surface area contributed by atoms with Gasteiger partial charge in [0.05, 0.1) is 118 Å². The predicted octanol–water partition coefficient (Wildman–Crippen LogP) is 6.35. The average Bonchev–Trinajstić information content (AvgIpc) is 3.15. The highest BCUT2D eigenvalue weighted by Crippen LogP contribution is 2.11. The van der Waals surface area contributed by atoms with Crippen molar-refractivity contribution in [2.75, 3.05) is 137 Å². The number of unbranched alkanes of at least 4 members (excludes halogenated alkanes) is 8. The fourth-order valence-electron chi connectivity index (χ4n) is 4.61. The molecule has 0 aliphatic heterocycles. The molecule has 1 rings (SSSR count). The number of carbonyl (C=O) groups excluding carboxylic acids is 1. The van der Waals surface area contributed by atoms with Crippen LogP contribution in [0.25, 0.3) is 0 Å². The van der Waals surface area contributed by atoms with E-state index in [-0.39, 0.29) is 12.6 Å². The van der Waals surface area contributed by atoms with E-state index in [1.807, 2.05) is 12.1 Å². The lowest BCUT2D eigenvalue weighted by molar-refractivity contribution is -0.0259. The first-order chi connectivity index (χ1) is 25.3. The van der Waals surface area contributed by atoms with Crippen LogP contribution in [0.4, 0.5) is 5.69 Å². The molecule has 1 aromatic carbocycles. The second-order valence-electron chi connectivity index (χ2n) is 12.0. The van der Waals surface area contributed by atoms with Crippen molar-refractivity contribution in [3.05, 3.63) is 29.8 Å². The number of esters is 1. The SMILES string of the molecule is CCCCCCCCCCOCCOCCOCCOCCOCCOCCOCCOCCOCCOC(=O)c1ccc(NCCCC)cc1. The Morgan fingerprint density at radius 1 is 0.412 bits per heavy atom. The molecule has 51 heavy (non-hydrogen) atoms. The fraction of sp³-hybridized carbons (Fsp3) is 0.821. The molecule has 0 heterocycles. The standard InChI is InChI=1S/C39H71NO11/c1-3-5-7-8-9-10-11-12-18-42-19-20-43-21-22-44-23-24-45-25-26-46-27-28-47-29-30-48-31-32-49-33-34-50-35-36-51-39(41)37-13-15-38(16-14-37)40-17-6-4-2/h13-16,40H,3-12,17-36H2,1-2H3. The molecule has 0 bridgehead atoms. The lowest BCUT2D eigenvalue weighted by atomic mass is 10.1. The number of nitrogens with one attached hydrogen (secondary N) is 1. The Kier molecular flexibility index (Phi) is 36.4. The summed E-state index contributed by atoms with van der Waals surface area (Å²) in [6.07, 6.45) is 12.8. The van der Waals surface area contributed by atoms with Crippen LogP contribution in [0.15, 0.2) is 24.3 Å². The van der Waals surface area contributed by atoms with E-state index < -0.39 is 0 Å². The highest BCUT2D eigenvalue weighted by molar-refractivity contribution is 5.89. The highest BCUT2D eigenvalue weighted by atomic mass is 16.6. The van der Waals surface area contributed by atoms with Crippen molar-refractivity contribution in [1.82, 2.24) is 0 Å². The second-order valence-corrected chi connectivity index (χ2v) is 12.0. The number of anilines is 1. The van der Waals surface area contributed by atoms with Gasteiger partial charge in [-0.25, -0.2) is 4.79 Å². The Morgan fingerprint density at radius 2 is 0.745 bits per heavy atom. The van der Waals surface area contributed by atoms with Gasteiger partial charge in [0.2, 0.25) is 0 Å². The maximum atomic E-state index is 12.1. The lowest BCUT2D eigenvalue weighted by Crippen LogP contribution is -2.15. The minimum atomic E-state index is -0.357. The van der Waals surface area contributed by atoms with E-state index in [0.717, 1.165) is 38.1 Å². The van der Waals surface area contributed by atoms with Gasteiger partial charge in [-0.3, -0.25) is 0 Å². The first kappa shape index (κ1) is 47.2. The van der Waals surface area contributed by atoms with E-state index >= 15 is 0 Å². The lowest BCUT2D eigenvalue weighted by Gasteiger charge is -2.09. The van der Waals surface area contributed by atoms with Gasteiger partial charge >= 0.3 is 5.97 Å². The van der Waals surface area contributed by atoms with E-state index in [0.29, 0.717) is 118 Å². The van der Waals surface area contributed by atoms with Gasteiger partial charge in [-0.2, -0.15) is 0 Å². The number of hydrogen-bond acceptors (Lipinski definition) is 12. The van der Waals surface area contributed by atoms with Crippen LogP contribution in [0.3, 0.4) is 0 Å². The molecule has 0 spiro atoms. The van der Waals surface area contributed by atoms with Gasteiger partial charge in [-0.1, -0.05) is 65.2 Å². The average molecular weight is 730 g/mol. The largest absolute Gasteiger partial charge is 0.460 e. The van der Waals surface area contributed by atoms with Crippen molar-refractivity contribution in [2.45, 2.75) is 78.1 Å². The molecule has 0 fully saturated rings. The molecule has 0 amide bonds. The molecule has 0 atom stereocenters. The molecule has 12 heteroatoms. The molecule has 1 N–H and O–H groups in total. The third-order valence-corrected chi connectivity index (χ3v) is 7.56. The molecule has 12 nitrogen and oxygen atoms in total. The molecular weight excluding hydrogens is 658 g/mol. The maximum absolute atomic E-state index is 12.1. The minimum Gasteiger partial charge on any atom is -0.460 e. The fourth-order valence-corrected chi connectivity index (χ4v) is 4.61. The Hall–Kier alpha value is -1.87. The number of rotatable bonds is 41. The first-order valence-electron chi connectivity index (χ1n) is 19.5. The molecule has 0 saturated carbocycles. The summed E-state index contributed by atoms with van der Waals surface area (Å²) in [6, 6.07) is 7.31. The van der Waals surface area contributed by atoms with Crippen molar-refractivity contribution in [3.63, 3.8) is 0 Å². The summed E-state index contributed by atoms with van der Waals surface area (Å²) in [7, 11) is 0. The van der Waals surface area contributed by atoms with E-state index in [2.05, 4.69) is 19.2 Å². The van der Waals surface area contributed by atoms with Gasteiger partial charge in [0.15, 0.2) is 0 Å². The van der Waals surface area contributed by atoms with Crippen LogP contribution in [0.2, 0.25) is 0 Å². The third kappa shape index (κ3) is 33.7. The molecule has 0 aliphatic carbocycles. The summed E-state index contributed by atoms with van der Waals surface area (Å²) in [4.78, 5) is 12.1. The molecule has 0 aliphatic rings. The van der Waals surface area contributed by atoms with E-state index in [9.17, 15) is 4.79 Å². The van der Waals surface area contributed by atoms with Crippen LogP contribution in [0, 0.1) is 0 Å². The Morgan fingerprint density at radius 3 is 1.14 bits per heavy atom. The second kappa shape index (κ2) is 39.3. The van der Waals surface area contributed by atoms with Gasteiger partial charge in [0.25, 0.3) is 0 Å². The molecular formula is C39H71NO11. The van der Waals surface area contributed by atoms with Crippen LogP contribution in [0.1, 0.15) is 88.4 Å². The van der Waals surface area contributed by atoms with E-state index in [1.54, 1.807) is 12.1 Å². The van der Waals surface area contributed by atoms with Crippen LogP contribution >= 0.6 is 0 Å². The Labute approximate surface area is 308 Å². The smallest absolute Gasteiger partial charge is 0.338 e. The zero-order chi connectivity index (χ0) is 36.6. The maximum Gasteiger partial charge on any atom is 0.338 e. The molecule has 0 aromatic heterocycles. The van der Waals surface area contributed by atoms with Gasteiger partial charge in [0.1, 0.15) is 6.61 Å². The molecule has 0 unspecified atom stereocenters. The quantitative estimate of drug-likeness (QED) is 0.0598. The van der Waals surface area contributed by atoms with Crippen LogP contribution in [0.5, 0.6) is 0 Å². The molecule has 0 saturated heterocycles. The Bertz CT molecular complexity index is 847. The topological polar surface area (TPSA) is 121 Å². The summed E-state index contributed by atoms with van der Waals surface area (Å²) in [5.41, 5.74) is 1.52. The van der Waals surface area contributed by atoms with Crippen molar-refractivity contribution < 1.29 is 52.2 Å². The first-order valence-corrected chi connectivity index (χ1v) is 19.5. The van der Waals surface area contributed by atoms with E-state index in [1.165, 1.54) is 44.9 Å². The summed E-state index contributed by atoms with van der Waals surface area (Å²) in [6.45, 7) is 14.9. The van der Waals surface area contributed by atoms with Crippen molar-refractivity contribution in [1.29, 1.82) is 0 Å². The molecule has 0 radical (unpaired) electrons. The van der Waals surface area contributed by atoms with Gasteiger partial charge < -0.3 is 52.7 Å². The highest BCUT2D eigenvalue weighted by Gasteiger charge is 2.07. The molecule has 298 valence electrons. The van der Waals surface area contributed by atoms with Crippen LogP contribution in [-0.2, 0) is 47.4 Å². The zero-order valence-electron chi connectivity index (χ0n) is 32.0. The monoisotopic (exact) mass is 730 g/mol. The predicted molar refractivity (Wildman–Crippen MR) is 200 cm³/mol. The summed E-state index contributed by atoms with van der Waals surface area (Å²) in [5, 5.41) is 3.32. The zero-order valence-corrected chi connectivity index (χ0v) is 32.0. The number of ether oxygens (including phenoxy) is 10. The normalized spacial score (nSPS) is 11.3. The summed E-state index contributed by atoms with van der Waals surface area (Å²) in [5.74, 6) is -0.357. The number of benzene rings is 1. The Balaban J connectivity index is 1.68. The van der Waals surface area contributed by atoms with E-state index in [4.69, 9.17) is 47.4 Å². The van der Waals surface area contributed by atoms with Crippen molar-refractivity contribution >= 4 is 11.7 Å². The van der Waals surface area contributed by atoms with Gasteiger partial charge in [-0.15, -0.1) is 0 Å². The van der Waals surface area contributed by atoms with Crippen molar-refractivity contribution in [3.8, 4) is 0 Å². The van der Waals surface area contributed by atoms with Gasteiger partial charge in [-0.05, 0) is 37.1 Å². The van der Waals surface area contributed by atoms with Gasteiger partial charge in [0, 0.05) is 18.8 Å². The van der Waals surface area contributed by atoms with Crippen molar-refractivity contribution in [2.24, 2.45) is 0 Å². The minimum absolute atomic E-state index is 0.195. The number of hydrogen-bond donors (Lipinski definition) is 1. The third-order valence-electron chi connectivity index (χ3n) is 7.56. The summed E-state index contributed by atoms with van der Waals surface area (Å²) < 4.78 is 54.9. The summed E-state index contributed by atoms with van der Waals surface area (Å²) >= 11 is 0. The van der Waals surface area contributed by atoms with Crippen LogP contribution in [-0.4, -0.2) is 138 Å². The number of carbonyl (C=O) groups is 1. The van der Waals surface area contributed by atoms with Crippen LogP contribution < -0.4 is 5.32 Å².